The average molecular weight is 347 g/mol. The second kappa shape index (κ2) is 6.26. The molecule has 0 fully saturated rings. The zero-order valence-corrected chi connectivity index (χ0v) is 13.9. The normalized spacial score (nSPS) is 14.9. The van der Waals surface area contributed by atoms with E-state index in [0.717, 1.165) is 17.2 Å². The summed E-state index contributed by atoms with van der Waals surface area (Å²) < 4.78 is 32.5. The largest absolute Gasteiger partial charge is 0.495 e. The van der Waals surface area contributed by atoms with Crippen molar-refractivity contribution in [3.8, 4) is 5.75 Å². The van der Waals surface area contributed by atoms with Crippen LogP contribution in [0.25, 0.3) is 0 Å². The van der Waals surface area contributed by atoms with Crippen LogP contribution in [0.15, 0.2) is 47.4 Å². The van der Waals surface area contributed by atoms with E-state index in [4.69, 9.17) is 9.84 Å². The summed E-state index contributed by atoms with van der Waals surface area (Å²) in [6.45, 7) is 0.610. The van der Waals surface area contributed by atoms with E-state index < -0.39 is 16.0 Å². The molecule has 0 aliphatic carbocycles. The predicted octanol–water partition coefficient (Wildman–Crippen LogP) is 2.14. The third-order valence-corrected chi connectivity index (χ3v) is 5.99. The van der Waals surface area contributed by atoms with Gasteiger partial charge < -0.3 is 9.84 Å². The number of sulfonamides is 1. The van der Waals surface area contributed by atoms with E-state index in [1.807, 2.05) is 24.3 Å². The molecule has 0 radical (unpaired) electrons. The lowest BCUT2D eigenvalue weighted by atomic mass is 10.0. The van der Waals surface area contributed by atoms with Gasteiger partial charge in [0.15, 0.2) is 0 Å². The van der Waals surface area contributed by atoms with E-state index in [0.29, 0.717) is 13.0 Å². The van der Waals surface area contributed by atoms with E-state index >= 15 is 0 Å². The van der Waals surface area contributed by atoms with Crippen LogP contribution >= 0.6 is 0 Å². The summed E-state index contributed by atoms with van der Waals surface area (Å²) in [7, 11) is -2.50. The van der Waals surface area contributed by atoms with Crippen LogP contribution in [0.3, 0.4) is 0 Å². The number of carbonyl (C=O) groups is 1. The van der Waals surface area contributed by atoms with Crippen molar-refractivity contribution in [1.82, 2.24) is 4.31 Å². The number of fused-ring (bicyclic) bond motifs is 1. The summed E-state index contributed by atoms with van der Waals surface area (Å²) >= 11 is 0. The molecular weight excluding hydrogens is 330 g/mol. The summed E-state index contributed by atoms with van der Waals surface area (Å²) in [6, 6.07) is 11.5. The molecule has 7 heteroatoms. The van der Waals surface area contributed by atoms with Crippen LogP contribution in [-0.2, 0) is 23.0 Å². The van der Waals surface area contributed by atoms with Gasteiger partial charge in [-0.3, -0.25) is 0 Å². The van der Waals surface area contributed by atoms with Crippen LogP contribution in [0.2, 0.25) is 0 Å². The van der Waals surface area contributed by atoms with Crippen LogP contribution in [-0.4, -0.2) is 37.5 Å². The standard InChI is InChI=1S/C17H17NO5S/c1-23-15-7-6-13(17(19)20)10-16(15)24(21,22)18-9-8-12-4-2-3-5-14(12)11-18/h2-7,10H,8-9,11H2,1H3,(H,19,20). The number of nitrogens with zero attached hydrogens (tertiary/aromatic N) is 1. The average Bonchev–Trinajstić information content (AvgIpc) is 2.60. The van der Waals surface area contributed by atoms with Gasteiger partial charge in [0.1, 0.15) is 10.6 Å². The maximum atomic E-state index is 13.0. The zero-order chi connectivity index (χ0) is 17.3. The number of aromatic carboxylic acids is 1. The molecule has 1 N–H and O–H groups in total. The summed E-state index contributed by atoms with van der Waals surface area (Å²) in [4.78, 5) is 11.0. The van der Waals surface area contributed by atoms with Gasteiger partial charge in [0, 0.05) is 13.1 Å². The lowest BCUT2D eigenvalue weighted by Crippen LogP contribution is -2.36. The van der Waals surface area contributed by atoms with E-state index in [9.17, 15) is 13.2 Å². The molecule has 1 aliphatic rings. The van der Waals surface area contributed by atoms with Crippen molar-refractivity contribution in [2.75, 3.05) is 13.7 Å². The molecule has 0 aromatic heterocycles. The highest BCUT2D eigenvalue weighted by atomic mass is 32.2. The first-order valence-electron chi connectivity index (χ1n) is 7.42. The summed E-state index contributed by atoms with van der Waals surface area (Å²) in [5, 5.41) is 9.13. The highest BCUT2D eigenvalue weighted by molar-refractivity contribution is 7.89. The topological polar surface area (TPSA) is 83.9 Å². The molecule has 24 heavy (non-hydrogen) atoms. The van der Waals surface area contributed by atoms with Crippen LogP contribution in [0.4, 0.5) is 0 Å². The Hall–Kier alpha value is -2.38. The van der Waals surface area contributed by atoms with Gasteiger partial charge in [-0.05, 0) is 35.7 Å². The number of hydrogen-bond donors (Lipinski definition) is 1. The molecule has 1 heterocycles. The van der Waals surface area contributed by atoms with Crippen molar-refractivity contribution in [3.63, 3.8) is 0 Å². The van der Waals surface area contributed by atoms with Crippen molar-refractivity contribution in [3.05, 3.63) is 59.2 Å². The lowest BCUT2D eigenvalue weighted by Gasteiger charge is -2.28. The quantitative estimate of drug-likeness (QED) is 0.916. The summed E-state index contributed by atoms with van der Waals surface area (Å²) in [5.41, 5.74) is 2.00. The van der Waals surface area contributed by atoms with E-state index in [-0.39, 0.29) is 22.8 Å². The van der Waals surface area contributed by atoms with Gasteiger partial charge in [-0.25, -0.2) is 13.2 Å². The highest BCUT2D eigenvalue weighted by Crippen LogP contribution is 2.31. The minimum atomic E-state index is -3.86. The molecule has 0 unspecified atom stereocenters. The molecule has 0 saturated carbocycles. The first-order valence-corrected chi connectivity index (χ1v) is 8.86. The number of ether oxygens (including phenoxy) is 1. The predicted molar refractivity (Wildman–Crippen MR) is 87.7 cm³/mol. The second-order valence-electron chi connectivity index (χ2n) is 5.53. The fourth-order valence-corrected chi connectivity index (χ4v) is 4.43. The van der Waals surface area contributed by atoms with Gasteiger partial charge in [-0.1, -0.05) is 24.3 Å². The lowest BCUT2D eigenvalue weighted by molar-refractivity contribution is 0.0696. The van der Waals surface area contributed by atoms with Gasteiger partial charge in [0.05, 0.1) is 12.7 Å². The molecule has 0 atom stereocenters. The van der Waals surface area contributed by atoms with Crippen LogP contribution in [0.1, 0.15) is 21.5 Å². The fraction of sp³-hybridized carbons (Fsp3) is 0.235. The Balaban J connectivity index is 2.02. The molecule has 126 valence electrons. The molecule has 2 aromatic rings. The molecule has 2 aromatic carbocycles. The molecule has 0 saturated heterocycles. The Kier molecular flexibility index (Phi) is 4.29. The van der Waals surface area contributed by atoms with E-state index in [1.54, 1.807) is 0 Å². The Morgan fingerprint density at radius 3 is 2.54 bits per heavy atom. The number of hydrogen-bond acceptors (Lipinski definition) is 4. The number of benzene rings is 2. The van der Waals surface area contributed by atoms with Crippen LogP contribution in [0, 0.1) is 0 Å². The molecule has 0 spiro atoms. The minimum absolute atomic E-state index is 0.0909. The van der Waals surface area contributed by atoms with Crippen molar-refractivity contribution in [2.45, 2.75) is 17.9 Å². The third kappa shape index (κ3) is 2.88. The van der Waals surface area contributed by atoms with Crippen molar-refractivity contribution in [1.29, 1.82) is 0 Å². The number of methoxy groups -OCH3 is 1. The van der Waals surface area contributed by atoms with Crippen molar-refractivity contribution >= 4 is 16.0 Å². The first kappa shape index (κ1) is 16.5. The molecule has 0 bridgehead atoms. The minimum Gasteiger partial charge on any atom is -0.495 e. The smallest absolute Gasteiger partial charge is 0.335 e. The van der Waals surface area contributed by atoms with Crippen LogP contribution in [0.5, 0.6) is 5.75 Å². The zero-order valence-electron chi connectivity index (χ0n) is 13.1. The molecule has 0 amide bonds. The van der Waals surface area contributed by atoms with Gasteiger partial charge in [-0.15, -0.1) is 0 Å². The third-order valence-electron chi connectivity index (χ3n) is 4.12. The second-order valence-corrected chi connectivity index (χ2v) is 7.43. The monoisotopic (exact) mass is 347 g/mol. The summed E-state index contributed by atoms with van der Waals surface area (Å²) in [6.07, 6.45) is 0.621. The highest BCUT2D eigenvalue weighted by Gasteiger charge is 2.31. The van der Waals surface area contributed by atoms with Crippen molar-refractivity contribution in [2.24, 2.45) is 0 Å². The van der Waals surface area contributed by atoms with Gasteiger partial charge in [0.2, 0.25) is 10.0 Å². The Bertz CT molecular complexity index is 892. The molecule has 6 nitrogen and oxygen atoms in total. The SMILES string of the molecule is COc1ccc(C(=O)O)cc1S(=O)(=O)N1CCc2ccccc2C1. The number of rotatable bonds is 4. The molecular formula is C17H17NO5S. The van der Waals surface area contributed by atoms with E-state index in [2.05, 4.69) is 0 Å². The Morgan fingerprint density at radius 2 is 1.88 bits per heavy atom. The number of carboxylic acid groups (broad SMARTS) is 1. The van der Waals surface area contributed by atoms with E-state index in [1.165, 1.54) is 23.5 Å². The van der Waals surface area contributed by atoms with Crippen molar-refractivity contribution < 1.29 is 23.1 Å². The van der Waals surface area contributed by atoms with Crippen LogP contribution < -0.4 is 4.74 Å². The first-order chi connectivity index (χ1) is 11.4. The molecule has 1 aliphatic heterocycles. The Morgan fingerprint density at radius 1 is 1.17 bits per heavy atom. The number of carboxylic acids is 1. The summed E-state index contributed by atoms with van der Waals surface area (Å²) in [5.74, 6) is -1.04. The van der Waals surface area contributed by atoms with Gasteiger partial charge >= 0.3 is 5.97 Å². The maximum absolute atomic E-state index is 13.0. The Labute approximate surface area is 140 Å². The maximum Gasteiger partial charge on any atom is 0.335 e. The van der Waals surface area contributed by atoms with Gasteiger partial charge in [-0.2, -0.15) is 4.31 Å². The van der Waals surface area contributed by atoms with Gasteiger partial charge in [0.25, 0.3) is 0 Å². The fourth-order valence-electron chi connectivity index (χ4n) is 2.83. The molecule has 3 rings (SSSR count).